The predicted octanol–water partition coefficient (Wildman–Crippen LogP) is 6.10. The summed E-state index contributed by atoms with van der Waals surface area (Å²) in [5.74, 6) is 1.85. The van der Waals surface area contributed by atoms with E-state index in [1.165, 1.54) is 57.8 Å². The molecule has 0 bridgehead atoms. The van der Waals surface area contributed by atoms with Crippen LogP contribution in [-0.2, 0) is 6.42 Å². The van der Waals surface area contributed by atoms with Crippen LogP contribution in [0.1, 0.15) is 82.3 Å². The Morgan fingerprint density at radius 1 is 0.947 bits per heavy atom. The Hall–Kier alpha value is -0.780. The second-order valence-electron chi connectivity index (χ2n) is 6.35. The van der Waals surface area contributed by atoms with Gasteiger partial charge in [-0.15, -0.1) is 0 Å². The van der Waals surface area contributed by atoms with E-state index in [9.17, 15) is 0 Å². The molecular formula is C19H30. The Morgan fingerprint density at radius 2 is 1.68 bits per heavy atom. The van der Waals surface area contributed by atoms with E-state index in [4.69, 9.17) is 0 Å². The number of hydrogen-bond donors (Lipinski definition) is 0. The van der Waals surface area contributed by atoms with Gasteiger partial charge in [0.15, 0.2) is 0 Å². The van der Waals surface area contributed by atoms with Crippen LogP contribution in [-0.4, -0.2) is 0 Å². The molecule has 2 rings (SSSR count). The van der Waals surface area contributed by atoms with Crippen molar-refractivity contribution < 1.29 is 0 Å². The molecule has 106 valence electrons. The van der Waals surface area contributed by atoms with Crippen LogP contribution < -0.4 is 0 Å². The lowest BCUT2D eigenvalue weighted by atomic mass is 9.90. The number of hydrogen-bond acceptors (Lipinski definition) is 0. The summed E-state index contributed by atoms with van der Waals surface area (Å²) in [5.41, 5.74) is 3.11. The van der Waals surface area contributed by atoms with Crippen molar-refractivity contribution >= 4 is 0 Å². The Bertz CT molecular complexity index is 345. The smallest absolute Gasteiger partial charge is 0.0162 e. The summed E-state index contributed by atoms with van der Waals surface area (Å²) in [7, 11) is 0. The molecule has 1 atom stereocenters. The number of benzene rings is 1. The minimum atomic E-state index is 0.895. The number of rotatable bonds is 9. The second-order valence-corrected chi connectivity index (χ2v) is 6.35. The third-order valence-electron chi connectivity index (χ3n) is 4.53. The van der Waals surface area contributed by atoms with Gasteiger partial charge in [0.2, 0.25) is 0 Å². The zero-order valence-corrected chi connectivity index (χ0v) is 12.8. The van der Waals surface area contributed by atoms with Gasteiger partial charge in [0.05, 0.1) is 0 Å². The SMILES string of the molecule is CCCCC(CCC)CCc1ccc(C2CC2)cc1. The standard InChI is InChI=1S/C19H30/c1-3-5-7-16(6-4-2)8-9-17-10-12-18(13-11-17)19-14-15-19/h10-13,16,19H,3-9,14-15H2,1-2H3. The first-order valence-electron chi connectivity index (χ1n) is 8.42. The fourth-order valence-electron chi connectivity index (χ4n) is 3.08. The molecule has 0 aliphatic heterocycles. The van der Waals surface area contributed by atoms with Crippen molar-refractivity contribution in [3.05, 3.63) is 35.4 Å². The fourth-order valence-corrected chi connectivity index (χ4v) is 3.08. The van der Waals surface area contributed by atoms with E-state index >= 15 is 0 Å². The van der Waals surface area contributed by atoms with E-state index in [2.05, 4.69) is 38.1 Å². The molecule has 0 heterocycles. The Morgan fingerprint density at radius 3 is 2.26 bits per heavy atom. The molecule has 0 aromatic heterocycles. The summed E-state index contributed by atoms with van der Waals surface area (Å²) < 4.78 is 0. The quantitative estimate of drug-likeness (QED) is 0.502. The van der Waals surface area contributed by atoms with E-state index < -0.39 is 0 Å². The fraction of sp³-hybridized carbons (Fsp3) is 0.684. The first-order chi connectivity index (χ1) is 9.33. The van der Waals surface area contributed by atoms with Gasteiger partial charge in [-0.2, -0.15) is 0 Å². The van der Waals surface area contributed by atoms with Crippen LogP contribution >= 0.6 is 0 Å². The van der Waals surface area contributed by atoms with E-state index in [1.54, 1.807) is 11.1 Å². The zero-order valence-electron chi connectivity index (χ0n) is 12.8. The van der Waals surface area contributed by atoms with E-state index in [1.807, 2.05) is 0 Å². The van der Waals surface area contributed by atoms with E-state index in [-0.39, 0.29) is 0 Å². The normalized spacial score (nSPS) is 16.5. The highest BCUT2D eigenvalue weighted by molar-refractivity contribution is 5.28. The maximum atomic E-state index is 2.37. The topological polar surface area (TPSA) is 0 Å². The molecule has 1 aliphatic carbocycles. The predicted molar refractivity (Wildman–Crippen MR) is 84.7 cm³/mol. The summed E-state index contributed by atoms with van der Waals surface area (Å²) in [6.45, 7) is 4.63. The van der Waals surface area contributed by atoms with Gasteiger partial charge < -0.3 is 0 Å². The molecule has 0 radical (unpaired) electrons. The molecule has 0 amide bonds. The molecule has 0 heteroatoms. The van der Waals surface area contributed by atoms with Gasteiger partial charge >= 0.3 is 0 Å². The van der Waals surface area contributed by atoms with Gasteiger partial charge in [-0.1, -0.05) is 70.2 Å². The zero-order chi connectivity index (χ0) is 13.5. The lowest BCUT2D eigenvalue weighted by Crippen LogP contribution is -2.02. The van der Waals surface area contributed by atoms with Crippen molar-refractivity contribution in [2.24, 2.45) is 5.92 Å². The van der Waals surface area contributed by atoms with Crippen molar-refractivity contribution in [3.63, 3.8) is 0 Å². The van der Waals surface area contributed by atoms with Crippen LogP contribution in [0.3, 0.4) is 0 Å². The molecule has 0 nitrogen and oxygen atoms in total. The van der Waals surface area contributed by atoms with Crippen molar-refractivity contribution in [2.75, 3.05) is 0 Å². The lowest BCUT2D eigenvalue weighted by Gasteiger charge is -2.15. The molecule has 0 N–H and O–H groups in total. The third kappa shape index (κ3) is 5.01. The molecule has 1 unspecified atom stereocenters. The Balaban J connectivity index is 1.78. The average Bonchev–Trinajstić information content (AvgIpc) is 3.27. The van der Waals surface area contributed by atoms with Gasteiger partial charge in [-0.25, -0.2) is 0 Å². The first kappa shape index (κ1) is 14.6. The van der Waals surface area contributed by atoms with E-state index in [0.29, 0.717) is 0 Å². The molecule has 1 aliphatic rings. The van der Waals surface area contributed by atoms with Crippen LogP contribution in [0.5, 0.6) is 0 Å². The van der Waals surface area contributed by atoms with Crippen molar-refractivity contribution in [1.82, 2.24) is 0 Å². The van der Waals surface area contributed by atoms with Gasteiger partial charge in [0.1, 0.15) is 0 Å². The van der Waals surface area contributed by atoms with Crippen molar-refractivity contribution in [3.8, 4) is 0 Å². The number of aryl methyl sites for hydroxylation is 1. The lowest BCUT2D eigenvalue weighted by molar-refractivity contribution is 0.402. The highest BCUT2D eigenvalue weighted by Gasteiger charge is 2.22. The molecule has 0 spiro atoms. The highest BCUT2D eigenvalue weighted by Crippen LogP contribution is 2.39. The van der Waals surface area contributed by atoms with Gasteiger partial charge in [-0.3, -0.25) is 0 Å². The summed E-state index contributed by atoms with van der Waals surface area (Å²) in [6, 6.07) is 9.48. The number of unbranched alkanes of at least 4 members (excludes halogenated alkanes) is 1. The molecule has 1 saturated carbocycles. The second kappa shape index (κ2) is 7.72. The first-order valence-corrected chi connectivity index (χ1v) is 8.42. The van der Waals surface area contributed by atoms with Gasteiger partial charge in [0.25, 0.3) is 0 Å². The minimum Gasteiger partial charge on any atom is -0.0654 e. The molecule has 1 aromatic carbocycles. The van der Waals surface area contributed by atoms with Crippen LogP contribution in [0, 0.1) is 5.92 Å². The summed E-state index contributed by atoms with van der Waals surface area (Å²) in [6.07, 6.45) is 12.4. The maximum absolute atomic E-state index is 2.37. The summed E-state index contributed by atoms with van der Waals surface area (Å²) in [4.78, 5) is 0. The summed E-state index contributed by atoms with van der Waals surface area (Å²) >= 11 is 0. The van der Waals surface area contributed by atoms with E-state index in [0.717, 1.165) is 11.8 Å². The highest BCUT2D eigenvalue weighted by atomic mass is 14.3. The molecule has 1 fully saturated rings. The average molecular weight is 258 g/mol. The summed E-state index contributed by atoms with van der Waals surface area (Å²) in [5, 5.41) is 0. The van der Waals surface area contributed by atoms with Gasteiger partial charge in [0, 0.05) is 0 Å². The Labute approximate surface area is 119 Å². The maximum Gasteiger partial charge on any atom is -0.0162 e. The van der Waals surface area contributed by atoms with Gasteiger partial charge in [-0.05, 0) is 48.6 Å². The van der Waals surface area contributed by atoms with Crippen LogP contribution in [0.15, 0.2) is 24.3 Å². The van der Waals surface area contributed by atoms with Crippen molar-refractivity contribution in [2.45, 2.75) is 77.6 Å². The minimum absolute atomic E-state index is 0.895. The van der Waals surface area contributed by atoms with Crippen LogP contribution in [0.25, 0.3) is 0 Å². The monoisotopic (exact) mass is 258 g/mol. The molecule has 19 heavy (non-hydrogen) atoms. The van der Waals surface area contributed by atoms with Crippen LogP contribution in [0.4, 0.5) is 0 Å². The largest absolute Gasteiger partial charge is 0.0654 e. The molecular weight excluding hydrogens is 228 g/mol. The molecule has 0 saturated heterocycles. The van der Waals surface area contributed by atoms with Crippen LogP contribution in [0.2, 0.25) is 0 Å². The Kier molecular flexibility index (Phi) is 5.94. The van der Waals surface area contributed by atoms with Crippen molar-refractivity contribution in [1.29, 1.82) is 0 Å². The third-order valence-corrected chi connectivity index (χ3v) is 4.53. The molecule has 1 aromatic rings.